The van der Waals surface area contributed by atoms with Gasteiger partial charge in [-0.1, -0.05) is 36.4 Å². The second-order valence-corrected chi connectivity index (χ2v) is 15.2. The second kappa shape index (κ2) is 16.4. The molecule has 268 valence electrons. The van der Waals surface area contributed by atoms with Gasteiger partial charge >= 0.3 is 0 Å². The SMILES string of the molecule is Cc1nc(C(=O)N[C@H]2CC[C@H](NC(=O)c3cc(F)cnc3Oc3cccc(-c4ccc(CCN5CCC(N6CCCC6)CC5)cc4)c3)CC2)cs1. The van der Waals surface area contributed by atoms with Crippen LogP contribution in [0.5, 0.6) is 11.6 Å². The molecule has 2 aliphatic heterocycles. The molecule has 51 heavy (non-hydrogen) atoms. The van der Waals surface area contributed by atoms with Gasteiger partial charge in [-0.3, -0.25) is 9.59 Å². The maximum atomic E-state index is 14.3. The van der Waals surface area contributed by atoms with E-state index < -0.39 is 11.7 Å². The van der Waals surface area contributed by atoms with Crippen LogP contribution < -0.4 is 15.4 Å². The Hall–Kier alpha value is -4.19. The van der Waals surface area contributed by atoms with Gasteiger partial charge in [-0.15, -0.1) is 11.3 Å². The van der Waals surface area contributed by atoms with Crippen molar-refractivity contribution in [1.82, 2.24) is 30.4 Å². The van der Waals surface area contributed by atoms with Gasteiger partial charge in [-0.2, -0.15) is 0 Å². The van der Waals surface area contributed by atoms with Crippen LogP contribution in [0.15, 0.2) is 66.2 Å². The number of nitrogens with zero attached hydrogens (tertiary/aromatic N) is 4. The highest BCUT2D eigenvalue weighted by Gasteiger charge is 2.28. The van der Waals surface area contributed by atoms with Crippen LogP contribution in [-0.2, 0) is 6.42 Å². The lowest BCUT2D eigenvalue weighted by molar-refractivity contribution is 0.0888. The smallest absolute Gasteiger partial charge is 0.270 e. The topological polar surface area (TPSA) is 99.7 Å². The first-order valence-electron chi connectivity index (χ1n) is 18.4. The number of halogens is 1. The minimum atomic E-state index is -0.614. The van der Waals surface area contributed by atoms with Crippen molar-refractivity contribution >= 4 is 23.2 Å². The molecule has 3 aliphatic rings. The fourth-order valence-electron chi connectivity index (χ4n) is 7.66. The zero-order chi connectivity index (χ0) is 35.2. The van der Waals surface area contributed by atoms with Gasteiger partial charge in [0.1, 0.15) is 22.8 Å². The average molecular weight is 711 g/mol. The van der Waals surface area contributed by atoms with Gasteiger partial charge in [0.2, 0.25) is 5.88 Å². The van der Waals surface area contributed by atoms with E-state index in [2.05, 4.69) is 54.7 Å². The molecule has 0 radical (unpaired) electrons. The van der Waals surface area contributed by atoms with Gasteiger partial charge in [-0.25, -0.2) is 14.4 Å². The number of nitrogens with one attached hydrogen (secondary N) is 2. The molecular formula is C40H47FN6O3S. The number of carbonyl (C=O) groups excluding carboxylic acids is 2. The van der Waals surface area contributed by atoms with Crippen molar-refractivity contribution in [2.45, 2.75) is 82.8 Å². The van der Waals surface area contributed by atoms with Gasteiger partial charge in [0.15, 0.2) is 0 Å². The maximum Gasteiger partial charge on any atom is 0.270 e. The molecule has 3 fully saturated rings. The predicted octanol–water partition coefficient (Wildman–Crippen LogP) is 7.02. The molecule has 0 atom stereocenters. The highest BCUT2D eigenvalue weighted by Crippen LogP contribution is 2.30. The molecule has 4 heterocycles. The van der Waals surface area contributed by atoms with Crippen LogP contribution in [0.3, 0.4) is 0 Å². The third kappa shape index (κ3) is 9.19. The van der Waals surface area contributed by atoms with Crippen LogP contribution in [0.1, 0.15) is 82.8 Å². The van der Waals surface area contributed by atoms with Crippen molar-refractivity contribution in [3.63, 3.8) is 0 Å². The molecule has 9 nitrogen and oxygen atoms in total. The van der Waals surface area contributed by atoms with Crippen molar-refractivity contribution in [2.75, 3.05) is 32.7 Å². The molecule has 1 saturated carbocycles. The Labute approximate surface area is 303 Å². The number of carbonyl (C=O) groups is 2. The monoisotopic (exact) mass is 710 g/mol. The Morgan fingerprint density at radius 3 is 2.27 bits per heavy atom. The Kier molecular flexibility index (Phi) is 11.4. The van der Waals surface area contributed by atoms with Gasteiger partial charge < -0.3 is 25.2 Å². The zero-order valence-electron chi connectivity index (χ0n) is 29.3. The Morgan fingerprint density at radius 1 is 0.882 bits per heavy atom. The van der Waals surface area contributed by atoms with Gasteiger partial charge in [0.05, 0.1) is 11.2 Å². The van der Waals surface area contributed by atoms with Crippen LogP contribution in [-0.4, -0.2) is 82.4 Å². The number of hydrogen-bond acceptors (Lipinski definition) is 8. The summed E-state index contributed by atoms with van der Waals surface area (Å²) in [5.41, 5.74) is 3.84. The fraction of sp³-hybridized carbons (Fsp3) is 0.450. The summed E-state index contributed by atoms with van der Waals surface area (Å²) in [5, 5.41) is 8.70. The van der Waals surface area contributed by atoms with Gasteiger partial charge in [0, 0.05) is 30.1 Å². The van der Waals surface area contributed by atoms with E-state index in [1.165, 1.54) is 68.8 Å². The standard InChI is InChI=1S/C40H47FN6O3S/c1-27-43-37(26-51-27)39(49)45-33-13-11-32(12-14-33)44-38(48)36-24-31(41)25-42-40(36)50-35-6-4-5-30(23-35)29-9-7-28(8-10-29)15-20-46-21-16-34(17-22-46)47-18-2-3-19-47/h4-10,23-26,32-34H,2-3,11-22H2,1H3,(H,44,48)(H,45,49)/t32-,33-. The number of thiazole rings is 1. The lowest BCUT2D eigenvalue weighted by Gasteiger charge is -2.36. The summed E-state index contributed by atoms with van der Waals surface area (Å²) in [4.78, 5) is 39.6. The number of ether oxygens (including phenoxy) is 1. The molecule has 0 spiro atoms. The summed E-state index contributed by atoms with van der Waals surface area (Å²) in [7, 11) is 0. The normalized spacial score (nSPS) is 20.3. The van der Waals surface area contributed by atoms with Crippen LogP contribution in [0.2, 0.25) is 0 Å². The van der Waals surface area contributed by atoms with Gasteiger partial charge in [0.25, 0.3) is 11.8 Å². The van der Waals surface area contributed by atoms with E-state index in [0.717, 1.165) is 60.2 Å². The highest BCUT2D eigenvalue weighted by molar-refractivity contribution is 7.09. The predicted molar refractivity (Wildman–Crippen MR) is 198 cm³/mol. The lowest BCUT2D eigenvalue weighted by Crippen LogP contribution is -2.44. The molecule has 2 amide bonds. The summed E-state index contributed by atoms with van der Waals surface area (Å²) in [6.45, 7) is 7.91. The molecule has 4 aromatic rings. The minimum absolute atomic E-state index is 0.0123. The van der Waals surface area contributed by atoms with Gasteiger partial charge in [-0.05, 0) is 126 Å². The highest BCUT2D eigenvalue weighted by atomic mass is 32.1. The Morgan fingerprint density at radius 2 is 1.59 bits per heavy atom. The largest absolute Gasteiger partial charge is 0.438 e. The Balaban J connectivity index is 0.913. The van der Waals surface area contributed by atoms with E-state index in [1.54, 1.807) is 11.4 Å². The van der Waals surface area contributed by atoms with Crippen LogP contribution in [0.4, 0.5) is 4.39 Å². The van der Waals surface area contributed by atoms with Crippen molar-refractivity contribution in [2.24, 2.45) is 0 Å². The quantitative estimate of drug-likeness (QED) is 0.173. The second-order valence-electron chi connectivity index (χ2n) is 14.1. The molecule has 1 aliphatic carbocycles. The summed E-state index contributed by atoms with van der Waals surface area (Å²) in [5.74, 6) is -0.671. The molecule has 2 saturated heterocycles. The zero-order valence-corrected chi connectivity index (χ0v) is 30.1. The molecule has 2 aromatic heterocycles. The summed E-state index contributed by atoms with van der Waals surface area (Å²) in [6, 6.07) is 18.2. The summed E-state index contributed by atoms with van der Waals surface area (Å²) < 4.78 is 20.5. The third-order valence-electron chi connectivity index (χ3n) is 10.6. The van der Waals surface area contributed by atoms with E-state index >= 15 is 0 Å². The number of amides is 2. The first-order valence-corrected chi connectivity index (χ1v) is 19.3. The van der Waals surface area contributed by atoms with Crippen molar-refractivity contribution < 1.29 is 18.7 Å². The van der Waals surface area contributed by atoms with Crippen molar-refractivity contribution in [3.05, 3.63) is 93.8 Å². The maximum absolute atomic E-state index is 14.3. The average Bonchev–Trinajstić information content (AvgIpc) is 3.86. The molecule has 0 bridgehead atoms. The van der Waals surface area contributed by atoms with E-state index in [0.29, 0.717) is 24.3 Å². The molecule has 2 N–H and O–H groups in total. The first kappa shape index (κ1) is 35.2. The van der Waals surface area contributed by atoms with Crippen molar-refractivity contribution in [1.29, 1.82) is 0 Å². The number of likely N-dealkylation sites (tertiary alicyclic amines) is 2. The third-order valence-corrected chi connectivity index (χ3v) is 11.4. The number of rotatable bonds is 11. The number of aryl methyl sites for hydroxylation is 1. The number of hydrogen-bond donors (Lipinski definition) is 2. The summed E-state index contributed by atoms with van der Waals surface area (Å²) >= 11 is 1.45. The van der Waals surface area contributed by atoms with E-state index in [-0.39, 0.29) is 29.4 Å². The number of benzene rings is 2. The van der Waals surface area contributed by atoms with E-state index in [9.17, 15) is 14.0 Å². The summed E-state index contributed by atoms with van der Waals surface area (Å²) in [6.07, 6.45) is 10.2. The molecule has 0 unspecified atom stereocenters. The number of aromatic nitrogens is 2. The number of pyridine rings is 1. The lowest BCUT2D eigenvalue weighted by atomic mass is 9.91. The molecular weight excluding hydrogens is 664 g/mol. The van der Waals surface area contributed by atoms with Crippen LogP contribution in [0, 0.1) is 12.7 Å². The van der Waals surface area contributed by atoms with Crippen LogP contribution in [0.25, 0.3) is 11.1 Å². The molecule has 2 aromatic carbocycles. The number of piperidine rings is 1. The first-order chi connectivity index (χ1) is 24.9. The Bertz CT molecular complexity index is 1790. The van der Waals surface area contributed by atoms with E-state index in [4.69, 9.17) is 4.74 Å². The molecule has 7 rings (SSSR count). The van der Waals surface area contributed by atoms with Crippen LogP contribution >= 0.6 is 11.3 Å². The fourth-order valence-corrected chi connectivity index (χ4v) is 8.25. The van der Waals surface area contributed by atoms with E-state index in [1.807, 2.05) is 25.1 Å². The minimum Gasteiger partial charge on any atom is -0.438 e. The van der Waals surface area contributed by atoms with Crippen molar-refractivity contribution in [3.8, 4) is 22.8 Å². The molecule has 11 heteroatoms.